The first-order valence-electron chi connectivity index (χ1n) is 5.64. The van der Waals surface area contributed by atoms with E-state index < -0.39 is 0 Å². The Bertz CT molecular complexity index is 544. The molecule has 0 atom stereocenters. The van der Waals surface area contributed by atoms with Gasteiger partial charge in [-0.25, -0.2) is 0 Å². The number of nitrogens with one attached hydrogen (secondary N) is 1. The highest BCUT2D eigenvalue weighted by Crippen LogP contribution is 2.10. The van der Waals surface area contributed by atoms with Crippen molar-refractivity contribution in [2.75, 3.05) is 11.1 Å². The number of carbonyl (C=O) groups is 1. The SMILES string of the molecule is Nc1ccc(NC(=O)/C=C/c2ccccc2)cc1. The fourth-order valence-corrected chi connectivity index (χ4v) is 1.49. The van der Waals surface area contributed by atoms with E-state index in [4.69, 9.17) is 5.73 Å². The number of rotatable bonds is 3. The van der Waals surface area contributed by atoms with Gasteiger partial charge in [-0.05, 0) is 35.9 Å². The molecule has 2 aromatic carbocycles. The predicted molar refractivity (Wildman–Crippen MR) is 75.0 cm³/mol. The van der Waals surface area contributed by atoms with Crippen molar-refractivity contribution in [3.63, 3.8) is 0 Å². The molecule has 0 aliphatic carbocycles. The Kier molecular flexibility index (Phi) is 3.76. The van der Waals surface area contributed by atoms with Crippen molar-refractivity contribution in [2.45, 2.75) is 0 Å². The van der Waals surface area contributed by atoms with Gasteiger partial charge in [-0.15, -0.1) is 0 Å². The number of anilines is 2. The largest absolute Gasteiger partial charge is 0.399 e. The summed E-state index contributed by atoms with van der Waals surface area (Å²) >= 11 is 0. The second-order valence-corrected chi connectivity index (χ2v) is 3.86. The van der Waals surface area contributed by atoms with E-state index in [0.29, 0.717) is 5.69 Å². The average Bonchev–Trinajstić information content (AvgIpc) is 2.40. The van der Waals surface area contributed by atoms with Crippen LogP contribution in [0.15, 0.2) is 60.7 Å². The maximum Gasteiger partial charge on any atom is 0.248 e. The van der Waals surface area contributed by atoms with E-state index >= 15 is 0 Å². The van der Waals surface area contributed by atoms with Crippen LogP contribution < -0.4 is 11.1 Å². The molecule has 0 aliphatic rings. The molecule has 0 bridgehead atoms. The standard InChI is InChI=1S/C15H14N2O/c16-13-7-9-14(10-8-13)17-15(18)11-6-12-4-2-1-3-5-12/h1-11H,16H2,(H,17,18)/b11-6+. The van der Waals surface area contributed by atoms with Gasteiger partial charge in [0.25, 0.3) is 0 Å². The summed E-state index contributed by atoms with van der Waals surface area (Å²) in [6.07, 6.45) is 3.28. The number of amides is 1. The summed E-state index contributed by atoms with van der Waals surface area (Å²) in [6, 6.07) is 16.7. The minimum Gasteiger partial charge on any atom is -0.399 e. The molecule has 90 valence electrons. The lowest BCUT2D eigenvalue weighted by atomic mass is 10.2. The van der Waals surface area contributed by atoms with Crippen molar-refractivity contribution >= 4 is 23.4 Å². The molecule has 0 heterocycles. The summed E-state index contributed by atoms with van der Waals surface area (Å²) < 4.78 is 0. The number of hydrogen-bond donors (Lipinski definition) is 2. The molecule has 2 rings (SSSR count). The number of benzene rings is 2. The molecule has 0 aliphatic heterocycles. The van der Waals surface area contributed by atoms with Crippen LogP contribution in [0.25, 0.3) is 6.08 Å². The summed E-state index contributed by atoms with van der Waals surface area (Å²) in [6.45, 7) is 0. The second kappa shape index (κ2) is 5.68. The summed E-state index contributed by atoms with van der Waals surface area (Å²) in [5.41, 5.74) is 7.96. The van der Waals surface area contributed by atoms with E-state index in [0.717, 1.165) is 11.3 Å². The zero-order chi connectivity index (χ0) is 12.8. The van der Waals surface area contributed by atoms with Gasteiger partial charge in [-0.1, -0.05) is 30.3 Å². The summed E-state index contributed by atoms with van der Waals surface area (Å²) in [4.78, 5) is 11.6. The Labute approximate surface area is 106 Å². The molecule has 0 aromatic heterocycles. The van der Waals surface area contributed by atoms with E-state index in [1.54, 1.807) is 30.3 Å². The lowest BCUT2D eigenvalue weighted by Crippen LogP contribution is -2.07. The average molecular weight is 238 g/mol. The number of hydrogen-bond acceptors (Lipinski definition) is 2. The summed E-state index contributed by atoms with van der Waals surface area (Å²) in [5.74, 6) is -0.163. The van der Waals surface area contributed by atoms with Crippen molar-refractivity contribution in [2.24, 2.45) is 0 Å². The maximum absolute atomic E-state index is 11.6. The highest BCUT2D eigenvalue weighted by atomic mass is 16.1. The van der Waals surface area contributed by atoms with Gasteiger partial charge in [0, 0.05) is 17.5 Å². The molecule has 3 N–H and O–H groups in total. The maximum atomic E-state index is 11.6. The van der Waals surface area contributed by atoms with Gasteiger partial charge in [0.15, 0.2) is 0 Å². The van der Waals surface area contributed by atoms with E-state index in [1.807, 2.05) is 30.3 Å². The monoisotopic (exact) mass is 238 g/mol. The van der Waals surface area contributed by atoms with Crippen molar-refractivity contribution in [3.05, 3.63) is 66.2 Å². The highest BCUT2D eigenvalue weighted by Gasteiger charge is 1.97. The van der Waals surface area contributed by atoms with Crippen molar-refractivity contribution in [1.29, 1.82) is 0 Å². The third kappa shape index (κ3) is 3.49. The Morgan fingerprint density at radius 2 is 1.67 bits per heavy atom. The van der Waals surface area contributed by atoms with E-state index in [-0.39, 0.29) is 5.91 Å². The molecule has 0 spiro atoms. The van der Waals surface area contributed by atoms with Crippen LogP contribution in [0, 0.1) is 0 Å². The first kappa shape index (κ1) is 11.9. The van der Waals surface area contributed by atoms with Gasteiger partial charge in [-0.2, -0.15) is 0 Å². The Hall–Kier alpha value is -2.55. The van der Waals surface area contributed by atoms with Crippen LogP contribution in [0.4, 0.5) is 11.4 Å². The van der Waals surface area contributed by atoms with Crippen LogP contribution in [0.3, 0.4) is 0 Å². The summed E-state index contributed by atoms with van der Waals surface area (Å²) in [7, 11) is 0. The molecular weight excluding hydrogens is 224 g/mol. The van der Waals surface area contributed by atoms with Crippen molar-refractivity contribution in [1.82, 2.24) is 0 Å². The first-order chi connectivity index (χ1) is 8.74. The van der Waals surface area contributed by atoms with Crippen LogP contribution in [0.1, 0.15) is 5.56 Å². The van der Waals surface area contributed by atoms with E-state index in [1.165, 1.54) is 6.08 Å². The molecule has 2 aromatic rings. The Balaban J connectivity index is 1.97. The topological polar surface area (TPSA) is 55.1 Å². The highest BCUT2D eigenvalue weighted by molar-refractivity contribution is 6.01. The molecule has 0 radical (unpaired) electrons. The molecule has 0 unspecified atom stereocenters. The van der Waals surface area contributed by atoms with Gasteiger partial charge in [0.05, 0.1) is 0 Å². The second-order valence-electron chi connectivity index (χ2n) is 3.86. The van der Waals surface area contributed by atoms with Crippen LogP contribution >= 0.6 is 0 Å². The minimum absolute atomic E-state index is 0.163. The molecule has 0 fully saturated rings. The molecular formula is C15H14N2O. The molecule has 1 amide bonds. The third-order valence-corrected chi connectivity index (χ3v) is 2.40. The Morgan fingerprint density at radius 3 is 2.33 bits per heavy atom. The quantitative estimate of drug-likeness (QED) is 0.638. The van der Waals surface area contributed by atoms with Crippen LogP contribution in [0.5, 0.6) is 0 Å². The molecule has 18 heavy (non-hydrogen) atoms. The fraction of sp³-hybridized carbons (Fsp3) is 0. The van der Waals surface area contributed by atoms with Crippen LogP contribution in [-0.4, -0.2) is 5.91 Å². The Morgan fingerprint density at radius 1 is 1.00 bits per heavy atom. The number of carbonyl (C=O) groups excluding carboxylic acids is 1. The van der Waals surface area contributed by atoms with Gasteiger partial charge >= 0.3 is 0 Å². The predicted octanol–water partition coefficient (Wildman–Crippen LogP) is 2.92. The third-order valence-electron chi connectivity index (χ3n) is 2.40. The lowest BCUT2D eigenvalue weighted by Gasteiger charge is -2.02. The zero-order valence-electron chi connectivity index (χ0n) is 9.84. The molecule has 3 heteroatoms. The van der Waals surface area contributed by atoms with E-state index in [9.17, 15) is 4.79 Å². The normalized spacial score (nSPS) is 10.4. The number of nitrogen functional groups attached to an aromatic ring is 1. The van der Waals surface area contributed by atoms with Gasteiger partial charge in [-0.3, -0.25) is 4.79 Å². The van der Waals surface area contributed by atoms with Crippen LogP contribution in [-0.2, 0) is 4.79 Å². The first-order valence-corrected chi connectivity index (χ1v) is 5.64. The zero-order valence-corrected chi connectivity index (χ0v) is 9.84. The van der Waals surface area contributed by atoms with Crippen LogP contribution in [0.2, 0.25) is 0 Å². The fourth-order valence-electron chi connectivity index (χ4n) is 1.49. The smallest absolute Gasteiger partial charge is 0.248 e. The number of nitrogens with two attached hydrogens (primary N) is 1. The van der Waals surface area contributed by atoms with Crippen molar-refractivity contribution < 1.29 is 4.79 Å². The van der Waals surface area contributed by atoms with E-state index in [2.05, 4.69) is 5.32 Å². The molecule has 3 nitrogen and oxygen atoms in total. The van der Waals surface area contributed by atoms with Gasteiger partial charge < -0.3 is 11.1 Å². The molecule has 0 saturated carbocycles. The van der Waals surface area contributed by atoms with Gasteiger partial charge in [0.1, 0.15) is 0 Å². The van der Waals surface area contributed by atoms with Gasteiger partial charge in [0.2, 0.25) is 5.91 Å². The summed E-state index contributed by atoms with van der Waals surface area (Å²) in [5, 5.41) is 2.76. The minimum atomic E-state index is -0.163. The molecule has 0 saturated heterocycles. The van der Waals surface area contributed by atoms with Crippen molar-refractivity contribution in [3.8, 4) is 0 Å². The lowest BCUT2D eigenvalue weighted by molar-refractivity contribution is -0.111.